The summed E-state index contributed by atoms with van der Waals surface area (Å²) in [5.74, 6) is 0. The molecule has 25 heavy (non-hydrogen) atoms. The highest BCUT2D eigenvalue weighted by atomic mass is 32.2. The number of benzene rings is 3. The third-order valence-corrected chi connectivity index (χ3v) is 6.55. The summed E-state index contributed by atoms with van der Waals surface area (Å²) >= 11 is 3.59. The highest BCUT2D eigenvalue weighted by Gasteiger charge is 2.23. The lowest BCUT2D eigenvalue weighted by molar-refractivity contribution is 1.01. The quantitative estimate of drug-likeness (QED) is 0.412. The number of para-hydroxylation sites is 1. The second kappa shape index (κ2) is 5.90. The summed E-state index contributed by atoms with van der Waals surface area (Å²) in [6.45, 7) is 3.16. The summed E-state index contributed by atoms with van der Waals surface area (Å²) < 4.78 is 1.24. The van der Waals surface area contributed by atoms with Gasteiger partial charge in [-0.3, -0.25) is 0 Å². The zero-order valence-electron chi connectivity index (χ0n) is 13.8. The van der Waals surface area contributed by atoms with Gasteiger partial charge < -0.3 is 4.90 Å². The summed E-state index contributed by atoms with van der Waals surface area (Å²) in [5.41, 5.74) is 2.38. The second-order valence-electron chi connectivity index (χ2n) is 6.02. The number of aromatic nitrogens is 1. The average Bonchev–Trinajstić information content (AvgIpc) is 3.19. The van der Waals surface area contributed by atoms with E-state index < -0.39 is 0 Å². The van der Waals surface area contributed by atoms with Crippen molar-refractivity contribution in [2.24, 2.45) is 0 Å². The molecule has 3 aromatic carbocycles. The number of thiazole rings is 1. The molecule has 0 bridgehead atoms. The van der Waals surface area contributed by atoms with E-state index in [0.29, 0.717) is 0 Å². The lowest BCUT2D eigenvalue weighted by Crippen LogP contribution is -2.16. The van der Waals surface area contributed by atoms with Crippen LogP contribution in [-0.4, -0.2) is 11.5 Å². The average molecular weight is 361 g/mol. The molecule has 0 spiro atoms. The topological polar surface area (TPSA) is 16.1 Å². The Kier molecular flexibility index (Phi) is 3.54. The zero-order chi connectivity index (χ0) is 16.8. The second-order valence-corrected chi connectivity index (χ2v) is 8.14. The van der Waals surface area contributed by atoms with E-state index in [9.17, 15) is 0 Å². The van der Waals surface area contributed by atoms with Crippen LogP contribution in [0.4, 0.5) is 5.69 Å². The Morgan fingerprint density at radius 3 is 2.60 bits per heavy atom. The Morgan fingerprint density at radius 1 is 1.00 bits per heavy atom. The number of nitrogens with zero attached hydrogens (tertiary/aromatic N) is 2. The van der Waals surface area contributed by atoms with Crippen LogP contribution in [0, 0.1) is 0 Å². The van der Waals surface area contributed by atoms with Crippen molar-refractivity contribution in [2.45, 2.75) is 11.8 Å². The van der Waals surface area contributed by atoms with E-state index in [1.165, 1.54) is 31.1 Å². The largest absolute Gasteiger partial charge is 0.335 e. The minimum absolute atomic E-state index is 0.963. The van der Waals surface area contributed by atoms with Crippen molar-refractivity contribution in [3.63, 3.8) is 0 Å². The Hall–Kier alpha value is -2.30. The molecular weight excluding hydrogens is 344 g/mol. The molecule has 0 N–H and O–H groups in total. The monoisotopic (exact) mass is 360 g/mol. The molecule has 1 aliphatic rings. The van der Waals surface area contributed by atoms with Crippen molar-refractivity contribution in [3.8, 4) is 0 Å². The fraction of sp³-hybridized carbons (Fsp3) is 0.0952. The molecule has 4 heteroatoms. The Labute approximate surface area is 154 Å². The van der Waals surface area contributed by atoms with Gasteiger partial charge in [0.05, 0.1) is 20.9 Å². The minimum atomic E-state index is 0.963. The molecule has 4 aromatic rings. The molecule has 0 aliphatic carbocycles. The van der Waals surface area contributed by atoms with Crippen molar-refractivity contribution in [3.05, 3.63) is 70.7 Å². The number of anilines is 1. The van der Waals surface area contributed by atoms with Crippen molar-refractivity contribution in [1.82, 2.24) is 4.98 Å². The van der Waals surface area contributed by atoms with Crippen molar-refractivity contribution < 1.29 is 0 Å². The van der Waals surface area contributed by atoms with Crippen LogP contribution in [0.2, 0.25) is 0 Å². The summed E-state index contributed by atoms with van der Waals surface area (Å²) in [4.78, 5) is 8.55. The SMILES string of the molecule is CCN1C(=Cc2nc3cc4ccccc4cc3s2)Sc2ccccc21. The standard InChI is InChI=1S/C21H16N2S2/c1-2-23-17-9-5-6-10-18(17)25-21(23)13-20-22-16-11-14-7-3-4-8-15(14)12-19(16)24-20/h3-13H,2H2,1H3. The molecule has 0 unspecified atom stereocenters. The Morgan fingerprint density at radius 2 is 1.76 bits per heavy atom. The molecule has 1 aromatic heterocycles. The molecule has 0 saturated heterocycles. The molecule has 0 radical (unpaired) electrons. The first-order chi connectivity index (χ1) is 12.3. The van der Waals surface area contributed by atoms with Crippen LogP contribution in [0.25, 0.3) is 27.1 Å². The van der Waals surface area contributed by atoms with Gasteiger partial charge in [-0.25, -0.2) is 4.98 Å². The van der Waals surface area contributed by atoms with E-state index in [1.807, 2.05) is 11.8 Å². The van der Waals surface area contributed by atoms with E-state index in [4.69, 9.17) is 4.98 Å². The van der Waals surface area contributed by atoms with Gasteiger partial charge in [0.15, 0.2) is 0 Å². The summed E-state index contributed by atoms with van der Waals surface area (Å²) in [6, 6.07) is 21.5. The number of hydrogen-bond donors (Lipinski definition) is 0. The first-order valence-corrected chi connectivity index (χ1v) is 10.0. The van der Waals surface area contributed by atoms with E-state index in [1.54, 1.807) is 11.3 Å². The summed E-state index contributed by atoms with van der Waals surface area (Å²) in [7, 11) is 0. The van der Waals surface area contributed by atoms with E-state index in [2.05, 4.69) is 78.6 Å². The van der Waals surface area contributed by atoms with Gasteiger partial charge in [-0.2, -0.15) is 0 Å². The number of fused-ring (bicyclic) bond motifs is 3. The third-order valence-electron chi connectivity index (χ3n) is 4.47. The van der Waals surface area contributed by atoms with Gasteiger partial charge in [0, 0.05) is 17.5 Å². The number of rotatable bonds is 2. The molecule has 2 nitrogen and oxygen atoms in total. The van der Waals surface area contributed by atoms with Gasteiger partial charge in [0.1, 0.15) is 5.01 Å². The molecular formula is C21H16N2S2. The van der Waals surface area contributed by atoms with Gasteiger partial charge in [-0.15, -0.1) is 11.3 Å². The summed E-state index contributed by atoms with van der Waals surface area (Å²) in [5, 5.41) is 4.85. The zero-order valence-corrected chi connectivity index (χ0v) is 15.4. The normalized spacial score (nSPS) is 15.4. The van der Waals surface area contributed by atoms with E-state index >= 15 is 0 Å². The smallest absolute Gasteiger partial charge is 0.119 e. The van der Waals surface area contributed by atoms with Crippen LogP contribution in [0.1, 0.15) is 11.9 Å². The van der Waals surface area contributed by atoms with Gasteiger partial charge in [0.25, 0.3) is 0 Å². The van der Waals surface area contributed by atoms with Crippen LogP contribution < -0.4 is 4.90 Å². The first-order valence-electron chi connectivity index (χ1n) is 8.37. The Bertz CT molecular complexity index is 1070. The lowest BCUT2D eigenvalue weighted by atomic mass is 10.1. The molecule has 2 heterocycles. The predicted molar refractivity (Wildman–Crippen MR) is 110 cm³/mol. The molecule has 5 rings (SSSR count). The van der Waals surface area contributed by atoms with Crippen molar-refractivity contribution in [1.29, 1.82) is 0 Å². The molecule has 0 amide bonds. The molecule has 1 aliphatic heterocycles. The van der Waals surface area contributed by atoms with Crippen molar-refractivity contribution >= 4 is 55.9 Å². The van der Waals surface area contributed by atoms with Crippen LogP contribution in [-0.2, 0) is 0 Å². The highest BCUT2D eigenvalue weighted by molar-refractivity contribution is 8.03. The van der Waals surface area contributed by atoms with E-state index in [0.717, 1.165) is 17.1 Å². The van der Waals surface area contributed by atoms with Gasteiger partial charge in [-0.05, 0) is 42.0 Å². The maximum atomic E-state index is 4.86. The molecule has 0 saturated carbocycles. The third kappa shape index (κ3) is 2.53. The van der Waals surface area contributed by atoms with Crippen LogP contribution in [0.15, 0.2) is 70.6 Å². The molecule has 122 valence electrons. The van der Waals surface area contributed by atoms with Crippen molar-refractivity contribution in [2.75, 3.05) is 11.4 Å². The highest BCUT2D eigenvalue weighted by Crippen LogP contribution is 2.46. The summed E-state index contributed by atoms with van der Waals surface area (Å²) in [6.07, 6.45) is 2.23. The minimum Gasteiger partial charge on any atom is -0.335 e. The molecule has 0 atom stereocenters. The van der Waals surface area contributed by atoms with Gasteiger partial charge >= 0.3 is 0 Å². The lowest BCUT2D eigenvalue weighted by Gasteiger charge is -2.17. The van der Waals surface area contributed by atoms with Gasteiger partial charge in [0.2, 0.25) is 0 Å². The maximum Gasteiger partial charge on any atom is 0.119 e. The molecule has 0 fully saturated rings. The Balaban J connectivity index is 1.59. The fourth-order valence-electron chi connectivity index (χ4n) is 3.28. The van der Waals surface area contributed by atoms with Crippen LogP contribution in [0.3, 0.4) is 0 Å². The van der Waals surface area contributed by atoms with Crippen LogP contribution >= 0.6 is 23.1 Å². The predicted octanol–water partition coefficient (Wildman–Crippen LogP) is 6.38. The van der Waals surface area contributed by atoms with Crippen LogP contribution in [0.5, 0.6) is 0 Å². The number of hydrogen-bond acceptors (Lipinski definition) is 4. The first kappa shape index (κ1) is 15.0. The van der Waals surface area contributed by atoms with Gasteiger partial charge in [-0.1, -0.05) is 48.2 Å². The maximum absolute atomic E-state index is 4.86. The fourth-order valence-corrected chi connectivity index (χ4v) is 5.46. The number of thioether (sulfide) groups is 1. The van der Waals surface area contributed by atoms with E-state index in [-0.39, 0.29) is 0 Å².